The number of methoxy groups -OCH3 is 1. The van der Waals surface area contributed by atoms with Gasteiger partial charge in [0.25, 0.3) is 0 Å². The third kappa shape index (κ3) is 5.76. The van der Waals surface area contributed by atoms with Crippen LogP contribution in [0.15, 0.2) is 36.9 Å². The molecule has 0 spiro atoms. The van der Waals surface area contributed by atoms with Crippen LogP contribution in [0, 0.1) is 0 Å². The average molecular weight is 277 g/mol. The Kier molecular flexibility index (Phi) is 7.34. The molecule has 0 aliphatic heterocycles. The predicted molar refractivity (Wildman–Crippen MR) is 84.0 cm³/mol. The van der Waals surface area contributed by atoms with E-state index in [1.54, 1.807) is 7.11 Å². The quantitative estimate of drug-likeness (QED) is 0.703. The van der Waals surface area contributed by atoms with Crippen molar-refractivity contribution in [2.75, 3.05) is 13.7 Å². The first-order chi connectivity index (χ1) is 9.56. The molecule has 1 atom stereocenters. The van der Waals surface area contributed by atoms with Gasteiger partial charge in [0.2, 0.25) is 0 Å². The zero-order chi connectivity index (χ0) is 15.0. The van der Waals surface area contributed by atoms with Crippen molar-refractivity contribution in [3.63, 3.8) is 0 Å². The Morgan fingerprint density at radius 3 is 2.75 bits per heavy atom. The fourth-order valence-electron chi connectivity index (χ4n) is 2.14. The van der Waals surface area contributed by atoms with E-state index < -0.39 is 0 Å². The standard InChI is InChI=1S/C17H27NO2/c1-5-6-9-16(19)13-18(14(2)3)12-15-8-7-10-17(11-15)20-4/h5,7-8,10-11,14,16,19H,1,6,9,12-13H2,2-4H3/t16-/m1/s1. The van der Waals surface area contributed by atoms with E-state index in [2.05, 4.69) is 31.4 Å². The summed E-state index contributed by atoms with van der Waals surface area (Å²) in [6.45, 7) is 9.50. The number of rotatable bonds is 9. The van der Waals surface area contributed by atoms with E-state index in [0.29, 0.717) is 12.6 Å². The summed E-state index contributed by atoms with van der Waals surface area (Å²) in [6, 6.07) is 8.47. The van der Waals surface area contributed by atoms with Crippen LogP contribution in [0.5, 0.6) is 5.75 Å². The number of benzene rings is 1. The molecular weight excluding hydrogens is 250 g/mol. The van der Waals surface area contributed by atoms with Gasteiger partial charge in [0.1, 0.15) is 5.75 Å². The molecule has 0 aliphatic carbocycles. The minimum Gasteiger partial charge on any atom is -0.497 e. The zero-order valence-electron chi connectivity index (χ0n) is 12.9. The van der Waals surface area contributed by atoms with E-state index >= 15 is 0 Å². The summed E-state index contributed by atoms with van der Waals surface area (Å²) in [7, 11) is 1.68. The number of ether oxygens (including phenoxy) is 1. The Labute approximate surface area is 122 Å². The van der Waals surface area contributed by atoms with E-state index in [4.69, 9.17) is 4.74 Å². The third-order valence-corrected chi connectivity index (χ3v) is 3.40. The molecule has 1 N–H and O–H groups in total. The largest absolute Gasteiger partial charge is 0.497 e. The van der Waals surface area contributed by atoms with Crippen LogP contribution in [0.2, 0.25) is 0 Å². The predicted octanol–water partition coefficient (Wildman–Crippen LogP) is 3.23. The third-order valence-electron chi connectivity index (χ3n) is 3.40. The Bertz CT molecular complexity index is 404. The number of hydrogen-bond donors (Lipinski definition) is 1. The van der Waals surface area contributed by atoms with Gasteiger partial charge in [0.15, 0.2) is 0 Å². The second-order valence-corrected chi connectivity index (χ2v) is 5.39. The van der Waals surface area contributed by atoms with Crippen molar-refractivity contribution in [1.29, 1.82) is 0 Å². The first kappa shape index (κ1) is 16.7. The Morgan fingerprint density at radius 1 is 1.40 bits per heavy atom. The maximum atomic E-state index is 10.1. The first-order valence-corrected chi connectivity index (χ1v) is 7.22. The van der Waals surface area contributed by atoms with Gasteiger partial charge < -0.3 is 9.84 Å². The summed E-state index contributed by atoms with van der Waals surface area (Å²) < 4.78 is 5.25. The summed E-state index contributed by atoms with van der Waals surface area (Å²) in [4.78, 5) is 2.28. The van der Waals surface area contributed by atoms with Gasteiger partial charge in [-0.2, -0.15) is 0 Å². The smallest absolute Gasteiger partial charge is 0.119 e. The van der Waals surface area contributed by atoms with Crippen LogP contribution in [0.1, 0.15) is 32.3 Å². The van der Waals surface area contributed by atoms with Crippen LogP contribution in [0.4, 0.5) is 0 Å². The van der Waals surface area contributed by atoms with Crippen LogP contribution in [-0.2, 0) is 6.54 Å². The average Bonchev–Trinajstić information content (AvgIpc) is 2.44. The maximum Gasteiger partial charge on any atom is 0.119 e. The lowest BCUT2D eigenvalue weighted by atomic mass is 10.1. The number of aliphatic hydroxyl groups excluding tert-OH is 1. The van der Waals surface area contributed by atoms with Gasteiger partial charge in [-0.3, -0.25) is 4.90 Å². The maximum absolute atomic E-state index is 10.1. The van der Waals surface area contributed by atoms with Crippen LogP contribution in [0.3, 0.4) is 0 Å². The van der Waals surface area contributed by atoms with Gasteiger partial charge >= 0.3 is 0 Å². The van der Waals surface area contributed by atoms with E-state index in [9.17, 15) is 5.11 Å². The molecule has 0 aliphatic rings. The highest BCUT2D eigenvalue weighted by Gasteiger charge is 2.15. The summed E-state index contributed by atoms with van der Waals surface area (Å²) in [5, 5.41) is 10.1. The van der Waals surface area contributed by atoms with Crippen LogP contribution >= 0.6 is 0 Å². The van der Waals surface area contributed by atoms with Gasteiger partial charge in [0, 0.05) is 19.1 Å². The van der Waals surface area contributed by atoms with Crippen LogP contribution in [0.25, 0.3) is 0 Å². The molecule has 3 nitrogen and oxygen atoms in total. The Hall–Kier alpha value is -1.32. The molecule has 0 saturated heterocycles. The SMILES string of the molecule is C=CCC[C@@H](O)CN(Cc1cccc(OC)c1)C(C)C. The summed E-state index contributed by atoms with van der Waals surface area (Å²) in [5.74, 6) is 0.874. The molecule has 0 bridgehead atoms. The number of aliphatic hydroxyl groups is 1. The van der Waals surface area contributed by atoms with Gasteiger partial charge in [0.05, 0.1) is 13.2 Å². The Morgan fingerprint density at radius 2 is 2.15 bits per heavy atom. The lowest BCUT2D eigenvalue weighted by Gasteiger charge is -2.29. The van der Waals surface area contributed by atoms with Crippen molar-refractivity contribution in [2.24, 2.45) is 0 Å². The lowest BCUT2D eigenvalue weighted by molar-refractivity contribution is 0.0855. The molecule has 1 rings (SSSR count). The Balaban J connectivity index is 2.64. The van der Waals surface area contributed by atoms with Crippen molar-refractivity contribution in [3.05, 3.63) is 42.5 Å². The first-order valence-electron chi connectivity index (χ1n) is 7.22. The van der Waals surface area contributed by atoms with Gasteiger partial charge in [-0.05, 0) is 44.4 Å². The van der Waals surface area contributed by atoms with E-state index in [-0.39, 0.29) is 6.10 Å². The van der Waals surface area contributed by atoms with Crippen molar-refractivity contribution in [1.82, 2.24) is 4.90 Å². The second-order valence-electron chi connectivity index (χ2n) is 5.39. The van der Waals surface area contributed by atoms with Gasteiger partial charge in [-0.1, -0.05) is 18.2 Å². The van der Waals surface area contributed by atoms with Gasteiger partial charge in [-0.15, -0.1) is 6.58 Å². The summed E-state index contributed by atoms with van der Waals surface area (Å²) in [6.07, 6.45) is 3.17. The molecule has 0 unspecified atom stereocenters. The molecule has 0 amide bonds. The molecular formula is C17H27NO2. The van der Waals surface area contributed by atoms with Crippen molar-refractivity contribution in [2.45, 2.75) is 45.4 Å². The minimum absolute atomic E-state index is 0.305. The highest BCUT2D eigenvalue weighted by Crippen LogP contribution is 2.16. The number of hydrogen-bond acceptors (Lipinski definition) is 3. The van der Waals surface area contributed by atoms with Crippen molar-refractivity contribution < 1.29 is 9.84 Å². The number of nitrogens with zero attached hydrogens (tertiary/aromatic N) is 1. The minimum atomic E-state index is -0.305. The van der Waals surface area contributed by atoms with E-state index in [1.807, 2.05) is 24.3 Å². The highest BCUT2D eigenvalue weighted by atomic mass is 16.5. The van der Waals surface area contributed by atoms with E-state index in [0.717, 1.165) is 25.1 Å². The highest BCUT2D eigenvalue weighted by molar-refractivity contribution is 5.28. The topological polar surface area (TPSA) is 32.7 Å². The monoisotopic (exact) mass is 277 g/mol. The molecule has 1 aromatic rings. The molecule has 1 aromatic carbocycles. The molecule has 0 fully saturated rings. The molecule has 3 heteroatoms. The molecule has 0 radical (unpaired) electrons. The van der Waals surface area contributed by atoms with Crippen molar-refractivity contribution in [3.8, 4) is 5.75 Å². The lowest BCUT2D eigenvalue weighted by Crippen LogP contribution is -2.37. The molecule has 112 valence electrons. The summed E-state index contributed by atoms with van der Waals surface area (Å²) >= 11 is 0. The van der Waals surface area contributed by atoms with Crippen LogP contribution < -0.4 is 4.74 Å². The molecule has 0 saturated carbocycles. The van der Waals surface area contributed by atoms with Gasteiger partial charge in [-0.25, -0.2) is 0 Å². The van der Waals surface area contributed by atoms with Crippen LogP contribution in [-0.4, -0.2) is 35.8 Å². The van der Waals surface area contributed by atoms with Crippen molar-refractivity contribution >= 4 is 0 Å². The fraction of sp³-hybridized carbons (Fsp3) is 0.529. The van der Waals surface area contributed by atoms with E-state index in [1.165, 1.54) is 5.56 Å². The second kappa shape index (κ2) is 8.77. The number of allylic oxidation sites excluding steroid dienone is 1. The fourth-order valence-corrected chi connectivity index (χ4v) is 2.14. The molecule has 0 heterocycles. The summed E-state index contributed by atoms with van der Waals surface area (Å²) in [5.41, 5.74) is 1.20. The molecule has 0 aromatic heterocycles. The normalized spacial score (nSPS) is 12.7. The molecule has 20 heavy (non-hydrogen) atoms. The zero-order valence-corrected chi connectivity index (χ0v) is 12.9.